The van der Waals surface area contributed by atoms with Crippen LogP contribution in [0.1, 0.15) is 25.0 Å². The highest BCUT2D eigenvalue weighted by Gasteiger charge is 2.07. The Morgan fingerprint density at radius 1 is 1.42 bits per heavy atom. The van der Waals surface area contributed by atoms with Crippen LogP contribution in [0.5, 0.6) is 0 Å². The zero-order valence-electron chi connectivity index (χ0n) is 11.2. The average Bonchev–Trinajstić information content (AvgIpc) is 2.37. The van der Waals surface area contributed by atoms with Crippen LogP contribution >= 0.6 is 0 Å². The smallest absolute Gasteiger partial charge is 0.234 e. The molecular formula is C13H20N4O2. The Labute approximate surface area is 112 Å². The van der Waals surface area contributed by atoms with Crippen molar-refractivity contribution in [3.8, 4) is 0 Å². The Balaban J connectivity index is 2.56. The topological polar surface area (TPSA) is 99.7 Å². The van der Waals surface area contributed by atoms with Gasteiger partial charge in [-0.3, -0.25) is 4.79 Å². The molecule has 19 heavy (non-hydrogen) atoms. The fraction of sp³-hybridized carbons (Fsp3) is 0.385. The summed E-state index contributed by atoms with van der Waals surface area (Å²) in [5.41, 5.74) is 7.11. The van der Waals surface area contributed by atoms with E-state index in [4.69, 9.17) is 10.9 Å². The van der Waals surface area contributed by atoms with Crippen molar-refractivity contribution in [1.82, 2.24) is 10.6 Å². The number of amidine groups is 1. The average molecular weight is 264 g/mol. The molecule has 5 N–H and O–H groups in total. The highest BCUT2D eigenvalue weighted by Crippen LogP contribution is 2.07. The minimum absolute atomic E-state index is 0.0590. The molecule has 6 heteroatoms. The summed E-state index contributed by atoms with van der Waals surface area (Å²) in [4.78, 5) is 11.5. The van der Waals surface area contributed by atoms with Crippen molar-refractivity contribution in [2.75, 3.05) is 6.54 Å². The van der Waals surface area contributed by atoms with Crippen LogP contribution in [0.4, 0.5) is 0 Å². The lowest BCUT2D eigenvalue weighted by atomic mass is 10.1. The van der Waals surface area contributed by atoms with E-state index in [1.54, 1.807) is 6.07 Å². The number of hydrogen-bond donors (Lipinski definition) is 4. The SMILES string of the molecule is CC(C)NC(=O)CNCc1ccccc1C(N)=NO. The van der Waals surface area contributed by atoms with E-state index in [1.165, 1.54) is 0 Å². The number of amides is 1. The van der Waals surface area contributed by atoms with Gasteiger partial charge in [-0.2, -0.15) is 0 Å². The van der Waals surface area contributed by atoms with Crippen molar-refractivity contribution in [2.24, 2.45) is 10.9 Å². The van der Waals surface area contributed by atoms with Gasteiger partial charge < -0.3 is 21.6 Å². The molecule has 0 heterocycles. The van der Waals surface area contributed by atoms with Gasteiger partial charge in [0, 0.05) is 18.2 Å². The largest absolute Gasteiger partial charge is 0.409 e. The van der Waals surface area contributed by atoms with E-state index < -0.39 is 0 Å². The Hall–Kier alpha value is -2.08. The van der Waals surface area contributed by atoms with Crippen molar-refractivity contribution in [2.45, 2.75) is 26.4 Å². The van der Waals surface area contributed by atoms with Crippen LogP contribution < -0.4 is 16.4 Å². The van der Waals surface area contributed by atoms with Crippen molar-refractivity contribution in [3.05, 3.63) is 35.4 Å². The van der Waals surface area contributed by atoms with Gasteiger partial charge in [-0.25, -0.2) is 0 Å². The fourth-order valence-electron chi connectivity index (χ4n) is 1.66. The van der Waals surface area contributed by atoms with Crippen LogP contribution in [0.3, 0.4) is 0 Å². The molecule has 1 aromatic carbocycles. The second-order valence-corrected chi connectivity index (χ2v) is 4.47. The van der Waals surface area contributed by atoms with E-state index in [0.29, 0.717) is 12.1 Å². The molecule has 1 rings (SSSR count). The molecule has 1 aromatic rings. The van der Waals surface area contributed by atoms with E-state index >= 15 is 0 Å². The van der Waals surface area contributed by atoms with E-state index in [9.17, 15) is 4.79 Å². The molecule has 0 fully saturated rings. The highest BCUT2D eigenvalue weighted by molar-refractivity contribution is 5.98. The lowest BCUT2D eigenvalue weighted by Crippen LogP contribution is -2.37. The molecule has 0 aliphatic rings. The molecule has 0 saturated carbocycles. The molecule has 0 atom stereocenters. The summed E-state index contributed by atoms with van der Waals surface area (Å²) in [6, 6.07) is 7.42. The molecule has 6 nitrogen and oxygen atoms in total. The van der Waals surface area contributed by atoms with Gasteiger partial charge in [0.1, 0.15) is 0 Å². The van der Waals surface area contributed by atoms with Crippen molar-refractivity contribution in [3.63, 3.8) is 0 Å². The number of nitrogens with two attached hydrogens (primary N) is 1. The lowest BCUT2D eigenvalue weighted by molar-refractivity contribution is -0.120. The zero-order valence-corrected chi connectivity index (χ0v) is 11.2. The molecule has 0 spiro atoms. The summed E-state index contributed by atoms with van der Waals surface area (Å²) in [6.07, 6.45) is 0. The minimum atomic E-state index is -0.0590. The first-order valence-electron chi connectivity index (χ1n) is 6.10. The van der Waals surface area contributed by atoms with Crippen molar-refractivity contribution >= 4 is 11.7 Å². The predicted octanol–water partition coefficient (Wildman–Crippen LogP) is 0.395. The van der Waals surface area contributed by atoms with E-state index in [2.05, 4.69) is 15.8 Å². The van der Waals surface area contributed by atoms with Gasteiger partial charge in [-0.05, 0) is 19.4 Å². The molecule has 0 aliphatic carbocycles. The third-order valence-electron chi connectivity index (χ3n) is 2.45. The fourth-order valence-corrected chi connectivity index (χ4v) is 1.66. The summed E-state index contributed by atoms with van der Waals surface area (Å²) >= 11 is 0. The summed E-state index contributed by atoms with van der Waals surface area (Å²) in [6.45, 7) is 4.51. The van der Waals surface area contributed by atoms with Gasteiger partial charge in [0.25, 0.3) is 0 Å². The van der Waals surface area contributed by atoms with Crippen LogP contribution in [-0.2, 0) is 11.3 Å². The molecule has 0 bridgehead atoms. The van der Waals surface area contributed by atoms with E-state index in [0.717, 1.165) is 5.56 Å². The number of carbonyl (C=O) groups excluding carboxylic acids is 1. The molecule has 0 aromatic heterocycles. The summed E-state index contributed by atoms with van der Waals surface area (Å²) in [5, 5.41) is 17.5. The third kappa shape index (κ3) is 4.97. The molecule has 1 amide bonds. The maximum Gasteiger partial charge on any atom is 0.234 e. The first-order valence-corrected chi connectivity index (χ1v) is 6.10. The highest BCUT2D eigenvalue weighted by atomic mass is 16.4. The monoisotopic (exact) mass is 264 g/mol. The number of carbonyl (C=O) groups is 1. The second-order valence-electron chi connectivity index (χ2n) is 4.47. The minimum Gasteiger partial charge on any atom is -0.409 e. The van der Waals surface area contributed by atoms with Crippen LogP contribution in [0, 0.1) is 0 Å². The Morgan fingerprint density at radius 2 is 2.11 bits per heavy atom. The van der Waals surface area contributed by atoms with E-state index in [-0.39, 0.29) is 24.3 Å². The molecule has 104 valence electrons. The number of oxime groups is 1. The van der Waals surface area contributed by atoms with Crippen LogP contribution in [-0.4, -0.2) is 29.5 Å². The van der Waals surface area contributed by atoms with Gasteiger partial charge in [0.2, 0.25) is 5.91 Å². The molecule has 0 saturated heterocycles. The summed E-state index contributed by atoms with van der Waals surface area (Å²) in [5.74, 6) is 0.000287. The number of hydrogen-bond acceptors (Lipinski definition) is 4. The quantitative estimate of drug-likeness (QED) is 0.258. The van der Waals surface area contributed by atoms with Crippen LogP contribution in [0.25, 0.3) is 0 Å². The van der Waals surface area contributed by atoms with Crippen LogP contribution in [0.15, 0.2) is 29.4 Å². The van der Waals surface area contributed by atoms with Gasteiger partial charge >= 0.3 is 0 Å². The lowest BCUT2D eigenvalue weighted by Gasteiger charge is -2.11. The third-order valence-corrected chi connectivity index (χ3v) is 2.45. The van der Waals surface area contributed by atoms with Crippen molar-refractivity contribution < 1.29 is 10.0 Å². The van der Waals surface area contributed by atoms with Gasteiger partial charge in [0.05, 0.1) is 6.54 Å². The molecule has 0 aliphatic heterocycles. The number of nitrogens with zero attached hydrogens (tertiary/aromatic N) is 1. The number of benzene rings is 1. The Bertz CT molecular complexity index is 458. The molecular weight excluding hydrogens is 244 g/mol. The number of nitrogens with one attached hydrogen (secondary N) is 2. The first kappa shape index (κ1) is 15.0. The van der Waals surface area contributed by atoms with Crippen molar-refractivity contribution in [1.29, 1.82) is 0 Å². The maximum atomic E-state index is 11.5. The summed E-state index contributed by atoms with van der Waals surface area (Å²) < 4.78 is 0. The standard InChI is InChI=1S/C13H20N4O2/c1-9(2)16-12(18)8-15-7-10-5-3-4-6-11(10)13(14)17-19/h3-6,9,15,19H,7-8H2,1-2H3,(H2,14,17)(H,16,18). The summed E-state index contributed by atoms with van der Waals surface area (Å²) in [7, 11) is 0. The normalized spacial score (nSPS) is 11.6. The predicted molar refractivity (Wildman–Crippen MR) is 73.9 cm³/mol. The first-order chi connectivity index (χ1) is 9.04. The Morgan fingerprint density at radius 3 is 2.74 bits per heavy atom. The van der Waals surface area contributed by atoms with E-state index in [1.807, 2.05) is 32.0 Å². The molecule has 0 unspecified atom stereocenters. The zero-order chi connectivity index (χ0) is 14.3. The Kier molecular flexibility index (Phi) is 5.81. The van der Waals surface area contributed by atoms with Gasteiger partial charge in [0.15, 0.2) is 5.84 Å². The maximum absolute atomic E-state index is 11.5. The van der Waals surface area contributed by atoms with Crippen LogP contribution in [0.2, 0.25) is 0 Å². The number of rotatable bonds is 6. The second kappa shape index (κ2) is 7.38. The van der Waals surface area contributed by atoms with Gasteiger partial charge in [-0.15, -0.1) is 0 Å². The molecule has 0 radical (unpaired) electrons. The van der Waals surface area contributed by atoms with Gasteiger partial charge in [-0.1, -0.05) is 29.4 Å².